The Kier molecular flexibility index (Phi) is 3.45. The highest BCUT2D eigenvalue weighted by molar-refractivity contribution is 5.83. The van der Waals surface area contributed by atoms with Gasteiger partial charge >= 0.3 is 0 Å². The number of rotatable bonds is 3. The third-order valence-electron chi connectivity index (χ3n) is 3.68. The maximum Gasteiger partial charge on any atom is 0.230 e. The summed E-state index contributed by atoms with van der Waals surface area (Å²) in [4.78, 5) is 8.50. The Morgan fingerprint density at radius 1 is 0.609 bits per heavy atom. The van der Waals surface area contributed by atoms with Crippen LogP contribution in [0.5, 0.6) is 11.6 Å². The highest BCUT2D eigenvalue weighted by atomic mass is 16.5. The molecule has 0 saturated heterocycles. The third-order valence-corrected chi connectivity index (χ3v) is 3.68. The average molecular weight is 298 g/mol. The van der Waals surface area contributed by atoms with Crippen LogP contribution in [0.15, 0.2) is 85.2 Å². The molecule has 0 aliphatic carbocycles. The molecule has 0 fully saturated rings. The van der Waals surface area contributed by atoms with Gasteiger partial charge in [-0.25, -0.2) is 9.97 Å². The molecule has 4 aromatic rings. The van der Waals surface area contributed by atoms with Crippen LogP contribution in [0.25, 0.3) is 22.0 Å². The van der Waals surface area contributed by atoms with E-state index in [1.54, 1.807) is 0 Å². The van der Waals surface area contributed by atoms with Crippen molar-refractivity contribution in [3.05, 3.63) is 85.2 Å². The summed E-state index contributed by atoms with van der Waals surface area (Å²) in [6.45, 7) is 0. The molecule has 0 spiro atoms. The van der Waals surface area contributed by atoms with Gasteiger partial charge in [-0.15, -0.1) is 0 Å². The molecule has 0 unspecified atom stereocenters. The van der Waals surface area contributed by atoms with E-state index in [-0.39, 0.29) is 0 Å². The Balaban J connectivity index is 1.64. The first-order valence-corrected chi connectivity index (χ1v) is 7.43. The van der Waals surface area contributed by atoms with Crippen molar-refractivity contribution in [3.63, 3.8) is 0 Å². The van der Waals surface area contributed by atoms with Crippen molar-refractivity contribution in [1.29, 1.82) is 0 Å². The summed E-state index contributed by atoms with van der Waals surface area (Å²) in [5, 5.41) is 0.905. The number of ether oxygens (including phenoxy) is 1. The molecule has 4 rings (SSSR count). The van der Waals surface area contributed by atoms with Crippen LogP contribution in [0.2, 0.25) is 0 Å². The molecule has 3 nitrogen and oxygen atoms in total. The Bertz CT molecular complexity index is 929. The first-order valence-electron chi connectivity index (χ1n) is 7.43. The van der Waals surface area contributed by atoms with Gasteiger partial charge in [0, 0.05) is 0 Å². The predicted octanol–water partition coefficient (Wildman–Crippen LogP) is 5.09. The molecule has 0 amide bonds. The van der Waals surface area contributed by atoms with Gasteiger partial charge in [0.25, 0.3) is 0 Å². The molecule has 1 aromatic heterocycles. The van der Waals surface area contributed by atoms with E-state index < -0.39 is 0 Å². The zero-order valence-corrected chi connectivity index (χ0v) is 12.4. The zero-order valence-electron chi connectivity index (χ0n) is 12.4. The number of aromatic nitrogens is 2. The lowest BCUT2D eigenvalue weighted by molar-refractivity contribution is 0.468. The first-order chi connectivity index (χ1) is 11.4. The van der Waals surface area contributed by atoms with Crippen molar-refractivity contribution in [3.8, 4) is 22.8 Å². The lowest BCUT2D eigenvalue weighted by Gasteiger charge is -2.08. The number of nitrogens with zero attached hydrogens (tertiary/aromatic N) is 2. The van der Waals surface area contributed by atoms with Gasteiger partial charge in [0.1, 0.15) is 12.1 Å². The van der Waals surface area contributed by atoms with Crippen LogP contribution in [0.4, 0.5) is 0 Å². The minimum absolute atomic E-state index is 0.572. The highest BCUT2D eigenvalue weighted by Crippen LogP contribution is 2.28. The summed E-state index contributed by atoms with van der Waals surface area (Å²) in [5.41, 5.74) is 3.22. The lowest BCUT2D eigenvalue weighted by Crippen LogP contribution is -1.91. The fourth-order valence-corrected chi connectivity index (χ4v) is 2.52. The Hall–Kier alpha value is -3.20. The summed E-state index contributed by atoms with van der Waals surface area (Å²) in [6, 6.07) is 26.1. The molecule has 0 bridgehead atoms. The van der Waals surface area contributed by atoms with Crippen LogP contribution in [0.1, 0.15) is 0 Å². The molecule has 1 heterocycles. The topological polar surface area (TPSA) is 35.0 Å². The lowest BCUT2D eigenvalue weighted by atomic mass is 10.1. The normalized spacial score (nSPS) is 10.6. The monoisotopic (exact) mass is 298 g/mol. The van der Waals surface area contributed by atoms with Crippen molar-refractivity contribution < 1.29 is 4.74 Å². The van der Waals surface area contributed by atoms with Gasteiger partial charge in [-0.05, 0) is 35.4 Å². The quantitative estimate of drug-likeness (QED) is 0.528. The zero-order chi connectivity index (χ0) is 15.5. The second-order valence-corrected chi connectivity index (χ2v) is 5.19. The number of fused-ring (bicyclic) bond motifs is 1. The summed E-state index contributed by atoms with van der Waals surface area (Å²) in [6.07, 6.45) is 1.52. The number of hydrogen-bond acceptors (Lipinski definition) is 3. The Morgan fingerprint density at radius 2 is 1.30 bits per heavy atom. The largest absolute Gasteiger partial charge is 0.438 e. The van der Waals surface area contributed by atoms with E-state index in [1.807, 2.05) is 66.7 Å². The van der Waals surface area contributed by atoms with Gasteiger partial charge in [0.05, 0.1) is 10.9 Å². The fraction of sp³-hybridized carbons (Fsp3) is 0. The maximum atomic E-state index is 5.93. The standard InChI is InChI=1S/C20H14N2O/c1-2-6-15(7-3-1)16-10-12-17(13-11-16)23-20-18-8-4-5-9-19(18)21-14-22-20/h1-14H. The molecule has 0 saturated carbocycles. The fourth-order valence-electron chi connectivity index (χ4n) is 2.52. The molecule has 0 aliphatic rings. The molecular weight excluding hydrogens is 284 g/mol. The van der Waals surface area contributed by atoms with Crippen LogP contribution in [0, 0.1) is 0 Å². The molecule has 3 heteroatoms. The molecule has 0 atom stereocenters. The van der Waals surface area contributed by atoms with E-state index in [2.05, 4.69) is 22.1 Å². The molecular formula is C20H14N2O. The van der Waals surface area contributed by atoms with E-state index in [9.17, 15) is 0 Å². The Labute approximate surface area is 134 Å². The third kappa shape index (κ3) is 2.77. The minimum Gasteiger partial charge on any atom is -0.438 e. The second kappa shape index (κ2) is 5.89. The number of benzene rings is 3. The molecule has 0 radical (unpaired) electrons. The summed E-state index contributed by atoms with van der Waals surface area (Å²) in [5.74, 6) is 1.33. The summed E-state index contributed by atoms with van der Waals surface area (Å²) in [7, 11) is 0. The van der Waals surface area contributed by atoms with Crippen molar-refractivity contribution in [2.24, 2.45) is 0 Å². The maximum absolute atomic E-state index is 5.93. The first kappa shape index (κ1) is 13.5. The van der Waals surface area contributed by atoms with Gasteiger partial charge in [-0.1, -0.05) is 54.6 Å². The van der Waals surface area contributed by atoms with Crippen molar-refractivity contribution >= 4 is 10.9 Å². The molecule has 0 aliphatic heterocycles. The SMILES string of the molecule is c1ccc(-c2ccc(Oc3ncnc4ccccc34)cc2)cc1. The van der Waals surface area contributed by atoms with Crippen LogP contribution < -0.4 is 4.74 Å². The van der Waals surface area contributed by atoms with Crippen LogP contribution in [0.3, 0.4) is 0 Å². The molecule has 3 aromatic carbocycles. The van der Waals surface area contributed by atoms with Gasteiger partial charge in [-0.3, -0.25) is 0 Å². The van der Waals surface area contributed by atoms with Gasteiger partial charge in [0.2, 0.25) is 5.88 Å². The molecule has 23 heavy (non-hydrogen) atoms. The smallest absolute Gasteiger partial charge is 0.230 e. The van der Waals surface area contributed by atoms with E-state index in [4.69, 9.17) is 4.74 Å². The highest BCUT2D eigenvalue weighted by Gasteiger charge is 2.05. The van der Waals surface area contributed by atoms with E-state index in [0.29, 0.717) is 5.88 Å². The minimum atomic E-state index is 0.572. The molecule has 0 N–H and O–H groups in total. The Morgan fingerprint density at radius 3 is 2.13 bits per heavy atom. The van der Waals surface area contributed by atoms with Crippen molar-refractivity contribution in [2.75, 3.05) is 0 Å². The molecule has 110 valence electrons. The van der Waals surface area contributed by atoms with Crippen LogP contribution in [-0.2, 0) is 0 Å². The van der Waals surface area contributed by atoms with Crippen molar-refractivity contribution in [2.45, 2.75) is 0 Å². The summed E-state index contributed by atoms with van der Waals surface area (Å²) < 4.78 is 5.93. The van der Waals surface area contributed by atoms with E-state index in [1.165, 1.54) is 11.9 Å². The van der Waals surface area contributed by atoms with Crippen molar-refractivity contribution in [1.82, 2.24) is 9.97 Å². The summed E-state index contributed by atoms with van der Waals surface area (Å²) >= 11 is 0. The van der Waals surface area contributed by atoms with Crippen LogP contribution in [-0.4, -0.2) is 9.97 Å². The predicted molar refractivity (Wildman–Crippen MR) is 91.5 cm³/mol. The number of hydrogen-bond donors (Lipinski definition) is 0. The van der Waals surface area contributed by atoms with Gasteiger partial charge in [0.15, 0.2) is 0 Å². The van der Waals surface area contributed by atoms with E-state index >= 15 is 0 Å². The van der Waals surface area contributed by atoms with Gasteiger partial charge < -0.3 is 4.74 Å². The van der Waals surface area contributed by atoms with E-state index in [0.717, 1.165) is 22.2 Å². The second-order valence-electron chi connectivity index (χ2n) is 5.19. The average Bonchev–Trinajstić information content (AvgIpc) is 2.63. The van der Waals surface area contributed by atoms with Crippen LogP contribution >= 0.6 is 0 Å². The number of para-hydroxylation sites is 1. The van der Waals surface area contributed by atoms with Gasteiger partial charge in [-0.2, -0.15) is 0 Å².